The van der Waals surface area contributed by atoms with Gasteiger partial charge in [-0.15, -0.1) is 11.6 Å². The van der Waals surface area contributed by atoms with E-state index in [1.807, 2.05) is 0 Å². The van der Waals surface area contributed by atoms with Crippen LogP contribution in [0, 0.1) is 0 Å². The second kappa shape index (κ2) is 4.56. The first-order valence-corrected chi connectivity index (χ1v) is 6.40. The Morgan fingerprint density at radius 3 is 2.67 bits per heavy atom. The molecule has 0 spiro atoms. The lowest BCUT2D eigenvalue weighted by Gasteiger charge is -2.25. The molecule has 2 rings (SSSR count). The van der Waals surface area contributed by atoms with Crippen LogP contribution < -0.4 is 0 Å². The molecule has 0 unspecified atom stereocenters. The van der Waals surface area contributed by atoms with Crippen LogP contribution >= 0.6 is 11.6 Å². The molecular formula is C12H19ClN2. The quantitative estimate of drug-likeness (QED) is 0.782. The van der Waals surface area contributed by atoms with E-state index in [0.29, 0.717) is 11.8 Å². The van der Waals surface area contributed by atoms with Crippen LogP contribution in [0.15, 0.2) is 0 Å². The molecule has 0 atom stereocenters. The van der Waals surface area contributed by atoms with Gasteiger partial charge >= 0.3 is 0 Å². The predicted octanol–water partition coefficient (Wildman–Crippen LogP) is 3.58. The van der Waals surface area contributed by atoms with Gasteiger partial charge in [-0.05, 0) is 30.7 Å². The van der Waals surface area contributed by atoms with Gasteiger partial charge in [0.05, 0.1) is 5.69 Å². The SMILES string of the molecule is CC(C)c1n[nH]c(C2CCC2)c1CCCl. The van der Waals surface area contributed by atoms with Crippen molar-refractivity contribution in [1.29, 1.82) is 0 Å². The van der Waals surface area contributed by atoms with E-state index < -0.39 is 0 Å². The second-order valence-electron chi connectivity index (χ2n) is 4.72. The maximum atomic E-state index is 5.87. The predicted molar refractivity (Wildman–Crippen MR) is 63.7 cm³/mol. The summed E-state index contributed by atoms with van der Waals surface area (Å²) in [4.78, 5) is 0. The van der Waals surface area contributed by atoms with Crippen molar-refractivity contribution in [2.45, 2.75) is 51.4 Å². The zero-order valence-electron chi connectivity index (χ0n) is 9.52. The first kappa shape index (κ1) is 11.0. The number of halogens is 1. The van der Waals surface area contributed by atoms with Gasteiger partial charge in [0, 0.05) is 17.5 Å². The smallest absolute Gasteiger partial charge is 0.0682 e. The Morgan fingerprint density at radius 1 is 1.47 bits per heavy atom. The summed E-state index contributed by atoms with van der Waals surface area (Å²) in [5, 5.41) is 7.69. The maximum Gasteiger partial charge on any atom is 0.0682 e. The lowest BCUT2D eigenvalue weighted by Crippen LogP contribution is -2.12. The third-order valence-corrected chi connectivity index (χ3v) is 3.52. The van der Waals surface area contributed by atoms with Crippen molar-refractivity contribution in [1.82, 2.24) is 10.2 Å². The summed E-state index contributed by atoms with van der Waals surface area (Å²) in [6.07, 6.45) is 4.95. The Labute approximate surface area is 96.4 Å². The first-order chi connectivity index (χ1) is 7.24. The molecule has 0 radical (unpaired) electrons. The van der Waals surface area contributed by atoms with Gasteiger partial charge in [0.1, 0.15) is 0 Å². The van der Waals surface area contributed by atoms with E-state index >= 15 is 0 Å². The number of H-pyrrole nitrogens is 1. The minimum absolute atomic E-state index is 0.494. The monoisotopic (exact) mass is 226 g/mol. The van der Waals surface area contributed by atoms with Crippen LogP contribution in [0.4, 0.5) is 0 Å². The molecule has 1 saturated carbocycles. The molecular weight excluding hydrogens is 208 g/mol. The van der Waals surface area contributed by atoms with E-state index in [1.165, 1.54) is 36.2 Å². The van der Waals surface area contributed by atoms with Crippen LogP contribution in [-0.2, 0) is 6.42 Å². The largest absolute Gasteiger partial charge is 0.282 e. The lowest BCUT2D eigenvalue weighted by molar-refractivity contribution is 0.408. The third-order valence-electron chi connectivity index (χ3n) is 3.34. The van der Waals surface area contributed by atoms with Crippen molar-refractivity contribution in [2.24, 2.45) is 0 Å². The van der Waals surface area contributed by atoms with E-state index in [-0.39, 0.29) is 0 Å². The van der Waals surface area contributed by atoms with Crippen LogP contribution in [0.25, 0.3) is 0 Å². The zero-order chi connectivity index (χ0) is 10.8. The summed E-state index contributed by atoms with van der Waals surface area (Å²) in [5.41, 5.74) is 3.98. The van der Waals surface area contributed by atoms with E-state index in [2.05, 4.69) is 24.0 Å². The molecule has 2 nitrogen and oxygen atoms in total. The van der Waals surface area contributed by atoms with Gasteiger partial charge < -0.3 is 0 Å². The molecule has 0 aromatic carbocycles. The van der Waals surface area contributed by atoms with E-state index in [9.17, 15) is 0 Å². The molecule has 1 fully saturated rings. The van der Waals surface area contributed by atoms with Gasteiger partial charge in [0.15, 0.2) is 0 Å². The molecule has 0 bridgehead atoms. The van der Waals surface area contributed by atoms with Crippen molar-refractivity contribution >= 4 is 11.6 Å². The van der Waals surface area contributed by atoms with Crippen molar-refractivity contribution in [2.75, 3.05) is 5.88 Å². The topological polar surface area (TPSA) is 28.7 Å². The molecule has 3 heteroatoms. The highest BCUT2D eigenvalue weighted by molar-refractivity contribution is 6.18. The molecule has 1 aliphatic carbocycles. The van der Waals surface area contributed by atoms with Crippen molar-refractivity contribution < 1.29 is 0 Å². The number of aromatic nitrogens is 2. The Morgan fingerprint density at radius 2 is 2.20 bits per heavy atom. The molecule has 1 aromatic rings. The number of aromatic amines is 1. The molecule has 1 aromatic heterocycles. The van der Waals surface area contributed by atoms with Gasteiger partial charge in [0.2, 0.25) is 0 Å². The summed E-state index contributed by atoms with van der Waals surface area (Å²) in [6.45, 7) is 4.39. The van der Waals surface area contributed by atoms with Crippen LogP contribution in [-0.4, -0.2) is 16.1 Å². The van der Waals surface area contributed by atoms with E-state index in [0.717, 1.165) is 12.3 Å². The lowest BCUT2D eigenvalue weighted by atomic mass is 9.80. The van der Waals surface area contributed by atoms with Crippen LogP contribution in [0.1, 0.15) is 61.9 Å². The van der Waals surface area contributed by atoms with Gasteiger partial charge in [-0.2, -0.15) is 5.10 Å². The standard InChI is InChI=1S/C12H19ClN2/c1-8(2)11-10(6-7-13)12(15-14-11)9-4-3-5-9/h8-9H,3-7H2,1-2H3,(H,14,15). The highest BCUT2D eigenvalue weighted by Crippen LogP contribution is 2.38. The Kier molecular flexibility index (Phi) is 3.35. The van der Waals surface area contributed by atoms with Crippen LogP contribution in [0.3, 0.4) is 0 Å². The number of alkyl halides is 1. The third kappa shape index (κ3) is 2.05. The normalized spacial score (nSPS) is 17.1. The molecule has 1 aliphatic rings. The van der Waals surface area contributed by atoms with Gasteiger partial charge in [0.25, 0.3) is 0 Å². The van der Waals surface area contributed by atoms with Crippen molar-refractivity contribution in [3.63, 3.8) is 0 Å². The Hall–Kier alpha value is -0.500. The second-order valence-corrected chi connectivity index (χ2v) is 5.10. The van der Waals surface area contributed by atoms with Crippen molar-refractivity contribution in [3.8, 4) is 0 Å². The highest BCUT2D eigenvalue weighted by Gasteiger charge is 2.26. The molecule has 84 valence electrons. The van der Waals surface area contributed by atoms with Gasteiger partial charge in [-0.3, -0.25) is 5.10 Å². The summed E-state index contributed by atoms with van der Waals surface area (Å²) in [5.74, 6) is 1.91. The average molecular weight is 227 g/mol. The van der Waals surface area contributed by atoms with Crippen LogP contribution in [0.2, 0.25) is 0 Å². The van der Waals surface area contributed by atoms with Gasteiger partial charge in [-0.1, -0.05) is 20.3 Å². The Balaban J connectivity index is 2.28. The fraction of sp³-hybridized carbons (Fsp3) is 0.750. The molecule has 15 heavy (non-hydrogen) atoms. The number of hydrogen-bond donors (Lipinski definition) is 1. The molecule has 0 amide bonds. The molecule has 0 aliphatic heterocycles. The summed E-state index contributed by atoms with van der Waals surface area (Å²) < 4.78 is 0. The van der Waals surface area contributed by atoms with E-state index in [4.69, 9.17) is 11.6 Å². The van der Waals surface area contributed by atoms with Crippen LogP contribution in [0.5, 0.6) is 0 Å². The minimum Gasteiger partial charge on any atom is -0.282 e. The number of nitrogens with one attached hydrogen (secondary N) is 1. The van der Waals surface area contributed by atoms with E-state index in [1.54, 1.807) is 0 Å². The maximum absolute atomic E-state index is 5.87. The molecule has 1 N–H and O–H groups in total. The fourth-order valence-electron chi connectivity index (χ4n) is 2.26. The molecule has 0 saturated heterocycles. The highest BCUT2D eigenvalue weighted by atomic mass is 35.5. The number of nitrogens with zero attached hydrogens (tertiary/aromatic N) is 1. The summed E-state index contributed by atoms with van der Waals surface area (Å²) >= 11 is 5.87. The van der Waals surface area contributed by atoms with Gasteiger partial charge in [-0.25, -0.2) is 0 Å². The average Bonchev–Trinajstić information content (AvgIpc) is 2.47. The Bertz CT molecular complexity index is 326. The summed E-state index contributed by atoms with van der Waals surface area (Å²) in [6, 6.07) is 0. The fourth-order valence-corrected chi connectivity index (χ4v) is 2.45. The zero-order valence-corrected chi connectivity index (χ0v) is 10.3. The minimum atomic E-state index is 0.494. The number of rotatable bonds is 4. The number of hydrogen-bond acceptors (Lipinski definition) is 1. The first-order valence-electron chi connectivity index (χ1n) is 5.87. The molecule has 1 heterocycles. The summed E-state index contributed by atoms with van der Waals surface area (Å²) in [7, 11) is 0. The van der Waals surface area contributed by atoms with Crippen molar-refractivity contribution in [3.05, 3.63) is 17.0 Å².